The maximum absolute atomic E-state index is 11.1. The summed E-state index contributed by atoms with van der Waals surface area (Å²) in [5.41, 5.74) is 0.323. The van der Waals surface area contributed by atoms with E-state index in [1.165, 1.54) is 0 Å². The van der Waals surface area contributed by atoms with Crippen LogP contribution in [0.1, 0.15) is 13.8 Å². The van der Waals surface area contributed by atoms with Gasteiger partial charge in [-0.25, -0.2) is 0 Å². The normalized spacial score (nSPS) is 21.2. The molecule has 0 atom stereocenters. The molecule has 3 heteroatoms. The third-order valence-electron chi connectivity index (χ3n) is 1.86. The van der Waals surface area contributed by atoms with Crippen molar-refractivity contribution in [1.29, 1.82) is 0 Å². The van der Waals surface area contributed by atoms with Crippen molar-refractivity contribution in [1.82, 2.24) is 4.90 Å². The summed E-state index contributed by atoms with van der Waals surface area (Å²) in [4.78, 5) is 12.9. The molecule has 0 unspecified atom stereocenters. The molecule has 3 nitrogen and oxygen atoms in total. The van der Waals surface area contributed by atoms with E-state index < -0.39 is 0 Å². The van der Waals surface area contributed by atoms with Crippen molar-refractivity contribution < 1.29 is 9.53 Å². The Kier molecular flexibility index (Phi) is 2.18. The Hall–Kier alpha value is -0.570. The first-order valence-corrected chi connectivity index (χ1v) is 3.82. The minimum atomic E-state index is 0.104. The van der Waals surface area contributed by atoms with Crippen LogP contribution in [0.2, 0.25) is 0 Å². The summed E-state index contributed by atoms with van der Waals surface area (Å²) < 4.78 is 4.74. The van der Waals surface area contributed by atoms with Gasteiger partial charge in [-0.2, -0.15) is 0 Å². The predicted octanol–water partition coefficient (Wildman–Crippen LogP) is 0.501. The predicted molar refractivity (Wildman–Crippen MR) is 42.2 cm³/mol. The summed E-state index contributed by atoms with van der Waals surface area (Å²) in [6.45, 7) is 6.27. The van der Waals surface area contributed by atoms with Crippen LogP contribution in [0.4, 0.5) is 0 Å². The Balaban J connectivity index is 2.27. The lowest BCUT2D eigenvalue weighted by Crippen LogP contribution is -2.56. The molecule has 0 aliphatic carbocycles. The molecule has 1 rings (SSSR count). The van der Waals surface area contributed by atoms with Gasteiger partial charge in [0, 0.05) is 20.2 Å². The van der Waals surface area contributed by atoms with E-state index in [9.17, 15) is 4.79 Å². The van der Waals surface area contributed by atoms with E-state index in [2.05, 4.69) is 13.8 Å². The summed E-state index contributed by atoms with van der Waals surface area (Å²) in [6.07, 6.45) is 0. The fourth-order valence-electron chi connectivity index (χ4n) is 1.38. The fraction of sp³-hybridized carbons (Fsp3) is 0.875. The third-order valence-corrected chi connectivity index (χ3v) is 1.86. The van der Waals surface area contributed by atoms with Crippen LogP contribution in [0.25, 0.3) is 0 Å². The summed E-state index contributed by atoms with van der Waals surface area (Å²) in [7, 11) is 1.54. The molecule has 1 amide bonds. The summed E-state index contributed by atoms with van der Waals surface area (Å²) in [5.74, 6) is 0.104. The smallest absolute Gasteiger partial charge is 0.248 e. The van der Waals surface area contributed by atoms with Crippen LogP contribution in [0.3, 0.4) is 0 Å². The highest BCUT2D eigenvalue weighted by Crippen LogP contribution is 2.28. The third kappa shape index (κ3) is 1.93. The molecule has 1 fully saturated rings. The summed E-state index contributed by atoms with van der Waals surface area (Å²) in [5, 5.41) is 0. The monoisotopic (exact) mass is 157 g/mol. The van der Waals surface area contributed by atoms with Gasteiger partial charge in [-0.15, -0.1) is 0 Å². The molecule has 0 aromatic carbocycles. The minimum Gasteiger partial charge on any atom is -0.375 e. The first-order valence-electron chi connectivity index (χ1n) is 3.82. The molecular weight excluding hydrogens is 142 g/mol. The topological polar surface area (TPSA) is 29.5 Å². The van der Waals surface area contributed by atoms with Gasteiger partial charge < -0.3 is 9.64 Å². The molecule has 1 aliphatic rings. The van der Waals surface area contributed by atoms with Crippen LogP contribution in [0.15, 0.2) is 0 Å². The number of amides is 1. The molecule has 0 N–H and O–H groups in total. The van der Waals surface area contributed by atoms with Crippen LogP contribution in [-0.4, -0.2) is 37.6 Å². The molecule has 64 valence electrons. The van der Waals surface area contributed by atoms with Crippen LogP contribution in [0, 0.1) is 5.41 Å². The van der Waals surface area contributed by atoms with E-state index in [0.717, 1.165) is 13.1 Å². The number of hydrogen-bond donors (Lipinski definition) is 0. The number of nitrogens with zero attached hydrogens (tertiary/aromatic N) is 1. The van der Waals surface area contributed by atoms with Crippen LogP contribution >= 0.6 is 0 Å². The highest BCUT2D eigenvalue weighted by atomic mass is 16.5. The summed E-state index contributed by atoms with van der Waals surface area (Å²) >= 11 is 0. The number of likely N-dealkylation sites (tertiary alicyclic amines) is 1. The maximum Gasteiger partial charge on any atom is 0.248 e. The van der Waals surface area contributed by atoms with E-state index in [1.54, 1.807) is 7.11 Å². The van der Waals surface area contributed by atoms with Crippen molar-refractivity contribution in [3.63, 3.8) is 0 Å². The Morgan fingerprint density at radius 1 is 1.55 bits per heavy atom. The van der Waals surface area contributed by atoms with Crippen molar-refractivity contribution in [2.24, 2.45) is 5.41 Å². The van der Waals surface area contributed by atoms with Gasteiger partial charge in [0.1, 0.15) is 6.61 Å². The first kappa shape index (κ1) is 8.53. The molecular formula is C8H15NO2. The quantitative estimate of drug-likeness (QED) is 0.584. The lowest BCUT2D eigenvalue weighted by molar-refractivity contribution is -0.145. The van der Waals surface area contributed by atoms with E-state index >= 15 is 0 Å². The second-order valence-electron chi connectivity index (χ2n) is 3.85. The molecule has 0 radical (unpaired) electrons. The number of carbonyl (C=O) groups is 1. The first-order chi connectivity index (χ1) is 5.05. The molecule has 0 aromatic rings. The zero-order chi connectivity index (χ0) is 8.48. The number of ether oxygens (including phenoxy) is 1. The van der Waals surface area contributed by atoms with Gasteiger partial charge in [0.2, 0.25) is 5.91 Å². The van der Waals surface area contributed by atoms with E-state index in [4.69, 9.17) is 4.74 Å². The van der Waals surface area contributed by atoms with Crippen LogP contribution in [-0.2, 0) is 9.53 Å². The zero-order valence-corrected chi connectivity index (χ0v) is 7.39. The minimum absolute atomic E-state index is 0.104. The highest BCUT2D eigenvalue weighted by Gasteiger charge is 2.36. The largest absolute Gasteiger partial charge is 0.375 e. The standard InChI is InChI=1S/C8H15NO2/c1-8(2)5-9(6-8)7(10)4-11-3/h4-6H2,1-3H3. The molecule has 1 saturated heterocycles. The second-order valence-corrected chi connectivity index (χ2v) is 3.85. The van der Waals surface area contributed by atoms with Crippen molar-refractivity contribution in [3.8, 4) is 0 Å². The average Bonchev–Trinajstić information content (AvgIpc) is 1.83. The lowest BCUT2D eigenvalue weighted by Gasteiger charge is -2.45. The average molecular weight is 157 g/mol. The molecule has 0 spiro atoms. The Morgan fingerprint density at radius 2 is 2.09 bits per heavy atom. The molecule has 11 heavy (non-hydrogen) atoms. The van der Waals surface area contributed by atoms with Gasteiger partial charge >= 0.3 is 0 Å². The molecule has 0 bridgehead atoms. The zero-order valence-electron chi connectivity index (χ0n) is 7.39. The van der Waals surface area contributed by atoms with Gasteiger partial charge in [-0.1, -0.05) is 13.8 Å². The van der Waals surface area contributed by atoms with Gasteiger partial charge in [0.05, 0.1) is 0 Å². The number of hydrogen-bond acceptors (Lipinski definition) is 2. The molecule has 0 aromatic heterocycles. The van der Waals surface area contributed by atoms with Gasteiger partial charge in [-0.3, -0.25) is 4.79 Å². The van der Waals surface area contributed by atoms with Gasteiger partial charge in [0.25, 0.3) is 0 Å². The highest BCUT2D eigenvalue weighted by molar-refractivity contribution is 5.78. The summed E-state index contributed by atoms with van der Waals surface area (Å²) in [6, 6.07) is 0. The number of carbonyl (C=O) groups excluding carboxylic acids is 1. The fourth-order valence-corrected chi connectivity index (χ4v) is 1.38. The molecule has 1 aliphatic heterocycles. The second kappa shape index (κ2) is 2.81. The molecule has 1 heterocycles. The number of methoxy groups -OCH3 is 1. The van der Waals surface area contributed by atoms with Crippen LogP contribution in [0.5, 0.6) is 0 Å². The molecule has 0 saturated carbocycles. The van der Waals surface area contributed by atoms with Gasteiger partial charge in [0.15, 0.2) is 0 Å². The van der Waals surface area contributed by atoms with Crippen LogP contribution < -0.4 is 0 Å². The maximum atomic E-state index is 11.1. The van der Waals surface area contributed by atoms with E-state index in [-0.39, 0.29) is 12.5 Å². The van der Waals surface area contributed by atoms with Crippen molar-refractivity contribution in [2.75, 3.05) is 26.8 Å². The Labute approximate surface area is 67.3 Å². The Bertz CT molecular complexity index is 157. The number of rotatable bonds is 2. The lowest BCUT2D eigenvalue weighted by atomic mass is 9.84. The van der Waals surface area contributed by atoms with Gasteiger partial charge in [-0.05, 0) is 5.41 Å². The Morgan fingerprint density at radius 3 is 2.45 bits per heavy atom. The van der Waals surface area contributed by atoms with E-state index in [0.29, 0.717) is 5.41 Å². The van der Waals surface area contributed by atoms with Crippen molar-refractivity contribution in [3.05, 3.63) is 0 Å². The SMILES string of the molecule is COCC(=O)N1CC(C)(C)C1. The van der Waals surface area contributed by atoms with Crippen molar-refractivity contribution >= 4 is 5.91 Å². The van der Waals surface area contributed by atoms with E-state index in [1.807, 2.05) is 4.90 Å². The van der Waals surface area contributed by atoms with Crippen molar-refractivity contribution in [2.45, 2.75) is 13.8 Å².